The van der Waals surface area contributed by atoms with Gasteiger partial charge >= 0.3 is 0 Å². The van der Waals surface area contributed by atoms with Crippen LogP contribution in [0, 0.1) is 11.3 Å². The van der Waals surface area contributed by atoms with Gasteiger partial charge in [-0.1, -0.05) is 31.2 Å². The molecule has 0 aliphatic rings. The van der Waals surface area contributed by atoms with Crippen molar-refractivity contribution in [3.63, 3.8) is 0 Å². The predicted molar refractivity (Wildman–Crippen MR) is 83.9 cm³/mol. The van der Waals surface area contributed by atoms with Crippen LogP contribution in [0.25, 0.3) is 0 Å². The number of nitrogens with one attached hydrogen (secondary N) is 1. The predicted octanol–water partition coefficient (Wildman–Crippen LogP) is 3.64. The fourth-order valence-corrected chi connectivity index (χ4v) is 1.97. The summed E-state index contributed by atoms with van der Waals surface area (Å²) in [6, 6.07) is 17.9. The second-order valence-corrected chi connectivity index (χ2v) is 4.90. The molecule has 1 N–H and O–H groups in total. The molecule has 0 saturated carbocycles. The topological polar surface area (TPSA) is 45.0 Å². The van der Waals surface area contributed by atoms with Crippen molar-refractivity contribution < 1.29 is 4.74 Å². The molecule has 0 bridgehead atoms. The Morgan fingerprint density at radius 1 is 0.952 bits per heavy atom. The van der Waals surface area contributed by atoms with Gasteiger partial charge in [-0.15, -0.1) is 0 Å². The Kier molecular flexibility index (Phi) is 5.81. The Labute approximate surface area is 126 Å². The first-order chi connectivity index (χ1) is 10.3. The van der Waals surface area contributed by atoms with Crippen molar-refractivity contribution in [1.82, 2.24) is 5.32 Å². The third-order valence-electron chi connectivity index (χ3n) is 3.14. The minimum absolute atomic E-state index is 0.696. The number of hydrogen-bond acceptors (Lipinski definition) is 3. The van der Waals surface area contributed by atoms with Gasteiger partial charge in [0.05, 0.1) is 18.2 Å². The number of nitriles is 1. The molecule has 0 amide bonds. The van der Waals surface area contributed by atoms with Crippen molar-refractivity contribution in [3.8, 4) is 11.8 Å². The first-order valence-corrected chi connectivity index (χ1v) is 7.23. The molecule has 0 aromatic heterocycles. The van der Waals surface area contributed by atoms with Gasteiger partial charge in [0, 0.05) is 13.1 Å². The van der Waals surface area contributed by atoms with Gasteiger partial charge in [0.1, 0.15) is 5.75 Å². The summed E-state index contributed by atoms with van der Waals surface area (Å²) in [6.45, 7) is 4.46. The van der Waals surface area contributed by atoms with Crippen LogP contribution < -0.4 is 10.1 Å². The van der Waals surface area contributed by atoms with E-state index in [0.717, 1.165) is 31.9 Å². The number of ether oxygens (including phenoxy) is 1. The fourth-order valence-electron chi connectivity index (χ4n) is 1.97. The molecular weight excluding hydrogens is 260 g/mol. The van der Waals surface area contributed by atoms with E-state index in [4.69, 9.17) is 10.00 Å². The van der Waals surface area contributed by atoms with E-state index in [9.17, 15) is 0 Å². The van der Waals surface area contributed by atoms with Crippen molar-refractivity contribution >= 4 is 0 Å². The Bertz CT molecular complexity index is 582. The summed E-state index contributed by atoms with van der Waals surface area (Å²) in [6.07, 6.45) is 1.02. The Morgan fingerprint density at radius 2 is 1.52 bits per heavy atom. The van der Waals surface area contributed by atoms with E-state index in [2.05, 4.69) is 30.4 Å². The van der Waals surface area contributed by atoms with E-state index in [1.807, 2.05) is 36.4 Å². The van der Waals surface area contributed by atoms with Gasteiger partial charge in [-0.2, -0.15) is 5.26 Å². The van der Waals surface area contributed by atoms with E-state index in [0.29, 0.717) is 5.56 Å². The molecule has 0 saturated heterocycles. The Balaban J connectivity index is 1.78. The molecule has 108 valence electrons. The van der Waals surface area contributed by atoms with Gasteiger partial charge in [0.15, 0.2) is 0 Å². The summed E-state index contributed by atoms with van der Waals surface area (Å²) in [4.78, 5) is 0. The molecule has 0 aliphatic carbocycles. The third-order valence-corrected chi connectivity index (χ3v) is 3.14. The molecule has 0 aliphatic heterocycles. The van der Waals surface area contributed by atoms with E-state index in [1.54, 1.807) is 0 Å². The molecule has 0 heterocycles. The highest BCUT2D eigenvalue weighted by Crippen LogP contribution is 2.12. The zero-order valence-electron chi connectivity index (χ0n) is 12.3. The molecule has 0 atom stereocenters. The monoisotopic (exact) mass is 280 g/mol. The van der Waals surface area contributed by atoms with E-state index in [1.165, 1.54) is 11.1 Å². The second kappa shape index (κ2) is 8.08. The van der Waals surface area contributed by atoms with Crippen molar-refractivity contribution in [3.05, 3.63) is 65.2 Å². The van der Waals surface area contributed by atoms with Crippen LogP contribution >= 0.6 is 0 Å². The highest BCUT2D eigenvalue weighted by atomic mass is 16.5. The van der Waals surface area contributed by atoms with Crippen LogP contribution in [0.1, 0.15) is 30.0 Å². The highest BCUT2D eigenvalue weighted by Gasteiger charge is 1.97. The summed E-state index contributed by atoms with van der Waals surface area (Å²) in [7, 11) is 0. The summed E-state index contributed by atoms with van der Waals surface area (Å²) in [5.41, 5.74) is 3.10. The Hall–Kier alpha value is -2.31. The summed E-state index contributed by atoms with van der Waals surface area (Å²) in [5, 5.41) is 12.1. The standard InChI is InChI=1S/C18H20N2O/c1-2-11-21-18-9-7-17(8-10-18)14-20-13-16-5-3-15(12-19)4-6-16/h3-10,20H,2,11,13-14H2,1H3. The number of rotatable bonds is 7. The van der Waals surface area contributed by atoms with E-state index in [-0.39, 0.29) is 0 Å². The van der Waals surface area contributed by atoms with Gasteiger partial charge in [0.2, 0.25) is 0 Å². The molecule has 2 aromatic carbocycles. The molecule has 3 heteroatoms. The summed E-state index contributed by atoms with van der Waals surface area (Å²) >= 11 is 0. The SMILES string of the molecule is CCCOc1ccc(CNCc2ccc(C#N)cc2)cc1. The van der Waals surface area contributed by atoms with Gasteiger partial charge in [0.25, 0.3) is 0 Å². The number of nitrogens with zero attached hydrogens (tertiary/aromatic N) is 1. The molecule has 0 fully saturated rings. The van der Waals surface area contributed by atoms with Crippen molar-refractivity contribution in [2.45, 2.75) is 26.4 Å². The average Bonchev–Trinajstić information content (AvgIpc) is 2.55. The van der Waals surface area contributed by atoms with Crippen molar-refractivity contribution in [1.29, 1.82) is 5.26 Å². The first-order valence-electron chi connectivity index (χ1n) is 7.23. The largest absolute Gasteiger partial charge is 0.494 e. The number of benzene rings is 2. The van der Waals surface area contributed by atoms with E-state index < -0.39 is 0 Å². The molecule has 0 radical (unpaired) electrons. The molecule has 0 spiro atoms. The lowest BCUT2D eigenvalue weighted by Gasteiger charge is -2.07. The maximum Gasteiger partial charge on any atom is 0.119 e. The molecular formula is C18H20N2O. The van der Waals surface area contributed by atoms with Crippen LogP contribution in [-0.2, 0) is 13.1 Å². The lowest BCUT2D eigenvalue weighted by molar-refractivity contribution is 0.317. The fraction of sp³-hybridized carbons (Fsp3) is 0.278. The normalized spacial score (nSPS) is 10.1. The lowest BCUT2D eigenvalue weighted by Crippen LogP contribution is -2.12. The van der Waals surface area contributed by atoms with E-state index >= 15 is 0 Å². The maximum absolute atomic E-state index is 8.75. The first kappa shape index (κ1) is 15.1. The second-order valence-electron chi connectivity index (χ2n) is 4.90. The van der Waals surface area contributed by atoms with Gasteiger partial charge in [-0.25, -0.2) is 0 Å². The van der Waals surface area contributed by atoms with Crippen molar-refractivity contribution in [2.24, 2.45) is 0 Å². The highest BCUT2D eigenvalue weighted by molar-refractivity contribution is 5.31. The van der Waals surface area contributed by atoms with Crippen molar-refractivity contribution in [2.75, 3.05) is 6.61 Å². The van der Waals surface area contributed by atoms with Crippen LogP contribution in [0.4, 0.5) is 0 Å². The minimum Gasteiger partial charge on any atom is -0.494 e. The average molecular weight is 280 g/mol. The van der Waals surface area contributed by atoms with Crippen LogP contribution in [0.15, 0.2) is 48.5 Å². The Morgan fingerprint density at radius 3 is 2.05 bits per heavy atom. The molecule has 21 heavy (non-hydrogen) atoms. The minimum atomic E-state index is 0.696. The van der Waals surface area contributed by atoms with Gasteiger partial charge in [-0.3, -0.25) is 0 Å². The van der Waals surface area contributed by atoms with Crippen LogP contribution in [-0.4, -0.2) is 6.61 Å². The smallest absolute Gasteiger partial charge is 0.119 e. The van der Waals surface area contributed by atoms with Gasteiger partial charge < -0.3 is 10.1 Å². The summed E-state index contributed by atoms with van der Waals surface area (Å²) in [5.74, 6) is 0.924. The maximum atomic E-state index is 8.75. The number of hydrogen-bond donors (Lipinski definition) is 1. The van der Waals surface area contributed by atoms with Crippen LogP contribution in [0.5, 0.6) is 5.75 Å². The van der Waals surface area contributed by atoms with Gasteiger partial charge in [-0.05, 0) is 41.8 Å². The third kappa shape index (κ3) is 4.94. The quantitative estimate of drug-likeness (QED) is 0.842. The zero-order valence-corrected chi connectivity index (χ0v) is 12.3. The molecule has 2 aromatic rings. The molecule has 2 rings (SSSR count). The molecule has 0 unspecified atom stereocenters. The van der Waals surface area contributed by atoms with Crippen LogP contribution in [0.3, 0.4) is 0 Å². The van der Waals surface area contributed by atoms with Crippen LogP contribution in [0.2, 0.25) is 0 Å². The zero-order chi connectivity index (χ0) is 14.9. The lowest BCUT2D eigenvalue weighted by atomic mass is 10.1. The summed E-state index contributed by atoms with van der Waals surface area (Å²) < 4.78 is 5.56. The molecule has 3 nitrogen and oxygen atoms in total.